The number of methoxy groups -OCH3 is 1. The Labute approximate surface area is 183 Å². The van der Waals surface area contributed by atoms with E-state index in [9.17, 15) is 4.79 Å². The van der Waals surface area contributed by atoms with E-state index in [0.29, 0.717) is 12.5 Å². The standard InChI is InChI=1S/C26H27N3O2/c1-31-21-13-11-18(12-14-21)24-22-17-29(26(30)20-9-5-6-10-20)16-15-23(22)27-25(28-24)19-7-3-2-4-8-19/h2-4,7-8,11-14,20H,5-6,9-10,15-17H2,1H3. The van der Waals surface area contributed by atoms with Gasteiger partial charge in [0.05, 0.1) is 18.5 Å². The molecule has 0 saturated heterocycles. The van der Waals surface area contributed by atoms with Crippen LogP contribution in [0.15, 0.2) is 54.6 Å². The lowest BCUT2D eigenvalue weighted by Crippen LogP contribution is -2.39. The van der Waals surface area contributed by atoms with Crippen molar-refractivity contribution in [2.24, 2.45) is 5.92 Å². The molecule has 0 unspecified atom stereocenters. The van der Waals surface area contributed by atoms with Gasteiger partial charge in [0, 0.05) is 42.1 Å². The monoisotopic (exact) mass is 413 g/mol. The van der Waals surface area contributed by atoms with Gasteiger partial charge in [-0.25, -0.2) is 9.97 Å². The van der Waals surface area contributed by atoms with E-state index in [2.05, 4.69) is 0 Å². The fraction of sp³-hybridized carbons (Fsp3) is 0.346. The van der Waals surface area contributed by atoms with E-state index < -0.39 is 0 Å². The Morgan fingerprint density at radius 3 is 2.42 bits per heavy atom. The van der Waals surface area contributed by atoms with Gasteiger partial charge in [-0.05, 0) is 37.1 Å². The molecular formula is C26H27N3O2. The average molecular weight is 414 g/mol. The van der Waals surface area contributed by atoms with Gasteiger partial charge in [0.25, 0.3) is 0 Å². The molecule has 0 radical (unpaired) electrons. The Hall–Kier alpha value is -3.21. The molecule has 5 nitrogen and oxygen atoms in total. The molecule has 2 aliphatic rings. The zero-order valence-electron chi connectivity index (χ0n) is 17.9. The van der Waals surface area contributed by atoms with Gasteiger partial charge in [0.1, 0.15) is 5.75 Å². The summed E-state index contributed by atoms with van der Waals surface area (Å²) in [5.74, 6) is 2.04. The molecule has 5 rings (SSSR count). The van der Waals surface area contributed by atoms with Crippen molar-refractivity contribution in [3.8, 4) is 28.4 Å². The molecule has 158 valence electrons. The molecule has 1 aliphatic carbocycles. The van der Waals surface area contributed by atoms with Gasteiger partial charge >= 0.3 is 0 Å². The predicted molar refractivity (Wildman–Crippen MR) is 121 cm³/mol. The third-order valence-corrected chi connectivity index (χ3v) is 6.47. The van der Waals surface area contributed by atoms with Crippen molar-refractivity contribution in [1.82, 2.24) is 14.9 Å². The van der Waals surface area contributed by atoms with Crippen LogP contribution in [0.2, 0.25) is 0 Å². The molecule has 5 heteroatoms. The minimum absolute atomic E-state index is 0.190. The smallest absolute Gasteiger partial charge is 0.225 e. The van der Waals surface area contributed by atoms with Gasteiger partial charge in [0.2, 0.25) is 5.91 Å². The average Bonchev–Trinajstić information content (AvgIpc) is 3.38. The van der Waals surface area contributed by atoms with Crippen molar-refractivity contribution < 1.29 is 9.53 Å². The van der Waals surface area contributed by atoms with Crippen LogP contribution in [0.3, 0.4) is 0 Å². The fourth-order valence-corrected chi connectivity index (χ4v) is 4.74. The minimum atomic E-state index is 0.190. The van der Waals surface area contributed by atoms with Crippen LogP contribution in [0.1, 0.15) is 36.9 Å². The summed E-state index contributed by atoms with van der Waals surface area (Å²) in [6, 6.07) is 18.1. The summed E-state index contributed by atoms with van der Waals surface area (Å²) in [7, 11) is 1.67. The number of hydrogen-bond donors (Lipinski definition) is 0. The first-order valence-electron chi connectivity index (χ1n) is 11.1. The Bertz CT molecular complexity index is 1070. The molecule has 0 spiro atoms. The van der Waals surface area contributed by atoms with Crippen LogP contribution in [-0.2, 0) is 17.8 Å². The molecule has 1 aromatic heterocycles. The SMILES string of the molecule is COc1ccc(-c2nc(-c3ccccc3)nc3c2CN(C(=O)C2CCCC2)CC3)cc1. The Morgan fingerprint density at radius 2 is 1.71 bits per heavy atom. The molecule has 31 heavy (non-hydrogen) atoms. The van der Waals surface area contributed by atoms with E-state index in [1.165, 1.54) is 12.8 Å². The van der Waals surface area contributed by atoms with Crippen molar-refractivity contribution in [1.29, 1.82) is 0 Å². The lowest BCUT2D eigenvalue weighted by Gasteiger charge is -2.31. The number of carbonyl (C=O) groups is 1. The first-order chi connectivity index (χ1) is 15.2. The molecule has 2 aromatic carbocycles. The maximum Gasteiger partial charge on any atom is 0.225 e. The van der Waals surface area contributed by atoms with E-state index in [-0.39, 0.29) is 5.92 Å². The second-order valence-electron chi connectivity index (χ2n) is 8.41. The number of carbonyl (C=O) groups excluding carboxylic acids is 1. The van der Waals surface area contributed by atoms with Gasteiger partial charge in [-0.2, -0.15) is 0 Å². The Morgan fingerprint density at radius 1 is 0.968 bits per heavy atom. The fourth-order valence-electron chi connectivity index (χ4n) is 4.74. The van der Waals surface area contributed by atoms with E-state index in [0.717, 1.165) is 65.5 Å². The van der Waals surface area contributed by atoms with Gasteiger partial charge < -0.3 is 9.64 Å². The van der Waals surface area contributed by atoms with Gasteiger partial charge in [-0.15, -0.1) is 0 Å². The van der Waals surface area contributed by atoms with Gasteiger partial charge in [0.15, 0.2) is 5.82 Å². The van der Waals surface area contributed by atoms with Crippen LogP contribution >= 0.6 is 0 Å². The second kappa shape index (κ2) is 8.50. The number of fused-ring (bicyclic) bond motifs is 1. The quantitative estimate of drug-likeness (QED) is 0.611. The van der Waals surface area contributed by atoms with Gasteiger partial charge in [-0.1, -0.05) is 43.2 Å². The van der Waals surface area contributed by atoms with Crippen LogP contribution in [-0.4, -0.2) is 34.4 Å². The summed E-state index contributed by atoms with van der Waals surface area (Å²) in [6.07, 6.45) is 5.15. The zero-order valence-corrected chi connectivity index (χ0v) is 17.9. The lowest BCUT2D eigenvalue weighted by atomic mass is 9.97. The molecule has 1 amide bonds. The van der Waals surface area contributed by atoms with E-state index in [4.69, 9.17) is 14.7 Å². The predicted octanol–water partition coefficient (Wildman–Crippen LogP) is 4.89. The number of hydrogen-bond acceptors (Lipinski definition) is 4. The van der Waals surface area contributed by atoms with Crippen molar-refractivity contribution in [2.75, 3.05) is 13.7 Å². The summed E-state index contributed by atoms with van der Waals surface area (Å²) in [5, 5.41) is 0. The summed E-state index contributed by atoms with van der Waals surface area (Å²) in [4.78, 5) is 25.0. The van der Waals surface area contributed by atoms with Crippen molar-refractivity contribution in [3.05, 3.63) is 65.9 Å². The molecule has 0 bridgehead atoms. The highest BCUT2D eigenvalue weighted by molar-refractivity contribution is 5.80. The number of aromatic nitrogens is 2. The summed E-state index contributed by atoms with van der Waals surface area (Å²) in [6.45, 7) is 1.32. The van der Waals surface area contributed by atoms with E-state index in [1.807, 2.05) is 59.5 Å². The highest BCUT2D eigenvalue weighted by atomic mass is 16.5. The summed E-state index contributed by atoms with van der Waals surface area (Å²) >= 11 is 0. The number of ether oxygens (including phenoxy) is 1. The normalized spacial score (nSPS) is 16.2. The summed E-state index contributed by atoms with van der Waals surface area (Å²) in [5.41, 5.74) is 5.06. The van der Waals surface area contributed by atoms with Crippen LogP contribution in [0.25, 0.3) is 22.6 Å². The second-order valence-corrected chi connectivity index (χ2v) is 8.41. The van der Waals surface area contributed by atoms with Crippen molar-refractivity contribution in [3.63, 3.8) is 0 Å². The van der Waals surface area contributed by atoms with Crippen molar-refractivity contribution in [2.45, 2.75) is 38.6 Å². The number of rotatable bonds is 4. The first-order valence-corrected chi connectivity index (χ1v) is 11.1. The van der Waals surface area contributed by atoms with Crippen LogP contribution in [0, 0.1) is 5.92 Å². The van der Waals surface area contributed by atoms with Crippen LogP contribution < -0.4 is 4.74 Å². The van der Waals surface area contributed by atoms with Crippen molar-refractivity contribution >= 4 is 5.91 Å². The topological polar surface area (TPSA) is 55.3 Å². The number of nitrogens with zero attached hydrogens (tertiary/aromatic N) is 3. The number of benzene rings is 2. The maximum absolute atomic E-state index is 13.1. The molecule has 1 fully saturated rings. The largest absolute Gasteiger partial charge is 0.497 e. The van der Waals surface area contributed by atoms with E-state index in [1.54, 1.807) is 7.11 Å². The molecular weight excluding hydrogens is 386 g/mol. The molecule has 1 saturated carbocycles. The molecule has 1 aliphatic heterocycles. The lowest BCUT2D eigenvalue weighted by molar-refractivity contribution is -0.136. The van der Waals surface area contributed by atoms with Crippen LogP contribution in [0.5, 0.6) is 5.75 Å². The molecule has 2 heterocycles. The van der Waals surface area contributed by atoms with E-state index >= 15 is 0 Å². The maximum atomic E-state index is 13.1. The Kier molecular flexibility index (Phi) is 5.41. The highest BCUT2D eigenvalue weighted by Crippen LogP contribution is 2.33. The Balaban J connectivity index is 1.56. The molecule has 0 N–H and O–H groups in total. The summed E-state index contributed by atoms with van der Waals surface area (Å²) < 4.78 is 5.33. The van der Waals surface area contributed by atoms with Crippen LogP contribution in [0.4, 0.5) is 0 Å². The third kappa shape index (κ3) is 3.92. The highest BCUT2D eigenvalue weighted by Gasteiger charge is 2.31. The molecule has 3 aromatic rings. The van der Waals surface area contributed by atoms with Gasteiger partial charge in [-0.3, -0.25) is 4.79 Å². The first kappa shape index (κ1) is 19.7. The zero-order chi connectivity index (χ0) is 21.2. The number of amides is 1. The third-order valence-electron chi connectivity index (χ3n) is 6.47. The minimum Gasteiger partial charge on any atom is -0.497 e. The molecule has 0 atom stereocenters.